The van der Waals surface area contributed by atoms with Gasteiger partial charge in [0.05, 0.1) is 40.1 Å². The second kappa shape index (κ2) is 13.2. The summed E-state index contributed by atoms with van der Waals surface area (Å²) in [6.07, 6.45) is 1.22. The van der Waals surface area contributed by atoms with Crippen LogP contribution in [-0.2, 0) is 9.47 Å². The zero-order chi connectivity index (χ0) is 20.9. The molecule has 2 atom stereocenters. The third-order valence-electron chi connectivity index (χ3n) is 4.66. The number of rotatable bonds is 12. The van der Waals surface area contributed by atoms with Crippen molar-refractivity contribution in [2.24, 2.45) is 10.9 Å². The molecule has 2 unspecified atom stereocenters. The first-order valence-electron chi connectivity index (χ1n) is 10.2. The molecule has 0 saturated carbocycles. The van der Waals surface area contributed by atoms with E-state index in [2.05, 4.69) is 15.6 Å². The lowest BCUT2D eigenvalue weighted by atomic mass is 10.1. The SMILES string of the molecule is CCNC(=NCC(O)c1cc(OC)cc(OC)c1)NCCCOCC1CCOC1. The molecule has 164 valence electrons. The fourth-order valence-electron chi connectivity index (χ4n) is 2.99. The number of ether oxygens (including phenoxy) is 4. The van der Waals surface area contributed by atoms with Crippen LogP contribution in [0.2, 0.25) is 0 Å². The molecule has 0 amide bonds. The number of methoxy groups -OCH3 is 2. The first-order chi connectivity index (χ1) is 14.2. The Balaban J connectivity index is 1.76. The topological polar surface area (TPSA) is 93.6 Å². The van der Waals surface area contributed by atoms with Crippen LogP contribution >= 0.6 is 0 Å². The summed E-state index contributed by atoms with van der Waals surface area (Å²) in [6.45, 7) is 6.86. The molecule has 8 heteroatoms. The van der Waals surface area contributed by atoms with Gasteiger partial charge in [-0.15, -0.1) is 0 Å². The first kappa shape index (κ1) is 23.3. The second-order valence-corrected chi connectivity index (χ2v) is 6.97. The maximum atomic E-state index is 10.5. The fourth-order valence-corrected chi connectivity index (χ4v) is 2.99. The highest BCUT2D eigenvalue weighted by Crippen LogP contribution is 2.26. The number of nitrogens with zero attached hydrogens (tertiary/aromatic N) is 1. The maximum absolute atomic E-state index is 10.5. The lowest BCUT2D eigenvalue weighted by Gasteiger charge is -2.15. The van der Waals surface area contributed by atoms with Crippen molar-refractivity contribution in [1.29, 1.82) is 0 Å². The second-order valence-electron chi connectivity index (χ2n) is 6.97. The van der Waals surface area contributed by atoms with Gasteiger partial charge in [0.2, 0.25) is 0 Å². The van der Waals surface area contributed by atoms with E-state index in [0.29, 0.717) is 35.5 Å². The quantitative estimate of drug-likeness (QED) is 0.275. The highest BCUT2D eigenvalue weighted by atomic mass is 16.5. The fraction of sp³-hybridized carbons (Fsp3) is 0.667. The molecule has 1 aliphatic heterocycles. The molecule has 1 aromatic rings. The molecule has 1 fully saturated rings. The molecular weight excluding hydrogens is 374 g/mol. The van der Waals surface area contributed by atoms with Crippen LogP contribution < -0.4 is 20.1 Å². The summed E-state index contributed by atoms with van der Waals surface area (Å²) >= 11 is 0. The lowest BCUT2D eigenvalue weighted by molar-refractivity contribution is 0.0888. The van der Waals surface area contributed by atoms with Crippen molar-refractivity contribution in [1.82, 2.24) is 10.6 Å². The van der Waals surface area contributed by atoms with E-state index in [9.17, 15) is 5.11 Å². The molecule has 0 bridgehead atoms. The normalized spacial score (nSPS) is 17.8. The van der Waals surface area contributed by atoms with Crippen LogP contribution in [0.4, 0.5) is 0 Å². The van der Waals surface area contributed by atoms with Crippen LogP contribution in [0, 0.1) is 5.92 Å². The summed E-state index contributed by atoms with van der Waals surface area (Å²) in [6, 6.07) is 5.35. The molecule has 1 aromatic carbocycles. The highest BCUT2D eigenvalue weighted by Gasteiger charge is 2.15. The highest BCUT2D eigenvalue weighted by molar-refractivity contribution is 5.79. The van der Waals surface area contributed by atoms with E-state index in [4.69, 9.17) is 18.9 Å². The Morgan fingerprint density at radius 1 is 1.24 bits per heavy atom. The summed E-state index contributed by atoms with van der Waals surface area (Å²) in [7, 11) is 3.17. The van der Waals surface area contributed by atoms with Gasteiger partial charge in [0.25, 0.3) is 0 Å². The molecule has 29 heavy (non-hydrogen) atoms. The molecule has 1 heterocycles. The van der Waals surface area contributed by atoms with Gasteiger partial charge in [-0.2, -0.15) is 0 Å². The number of aliphatic hydroxyl groups excluding tert-OH is 1. The van der Waals surface area contributed by atoms with Crippen molar-refractivity contribution in [3.05, 3.63) is 23.8 Å². The van der Waals surface area contributed by atoms with Gasteiger partial charge in [0.15, 0.2) is 5.96 Å². The van der Waals surface area contributed by atoms with Crippen molar-refractivity contribution < 1.29 is 24.1 Å². The molecular formula is C21H35N3O5. The maximum Gasteiger partial charge on any atom is 0.191 e. The Labute approximate surface area is 173 Å². The van der Waals surface area contributed by atoms with Gasteiger partial charge in [0, 0.05) is 38.3 Å². The molecule has 0 aliphatic carbocycles. The summed E-state index contributed by atoms with van der Waals surface area (Å²) < 4.78 is 21.6. The molecule has 2 rings (SSSR count). The van der Waals surface area contributed by atoms with Gasteiger partial charge >= 0.3 is 0 Å². The molecule has 1 aliphatic rings. The monoisotopic (exact) mass is 409 g/mol. The van der Waals surface area contributed by atoms with Crippen LogP contribution in [0.3, 0.4) is 0 Å². The van der Waals surface area contributed by atoms with Gasteiger partial charge in [-0.05, 0) is 37.5 Å². The van der Waals surface area contributed by atoms with Gasteiger partial charge in [0.1, 0.15) is 11.5 Å². The number of hydrogen-bond acceptors (Lipinski definition) is 6. The largest absolute Gasteiger partial charge is 0.497 e. The number of aliphatic imine (C=N–C) groups is 1. The van der Waals surface area contributed by atoms with Gasteiger partial charge in [-0.3, -0.25) is 4.99 Å². The molecule has 3 N–H and O–H groups in total. The van der Waals surface area contributed by atoms with E-state index in [1.807, 2.05) is 6.92 Å². The van der Waals surface area contributed by atoms with Gasteiger partial charge in [-0.25, -0.2) is 0 Å². The Bertz CT molecular complexity index is 598. The van der Waals surface area contributed by atoms with Crippen molar-refractivity contribution in [3.63, 3.8) is 0 Å². The van der Waals surface area contributed by atoms with Gasteiger partial charge < -0.3 is 34.7 Å². The van der Waals surface area contributed by atoms with Crippen molar-refractivity contribution in [2.45, 2.75) is 25.9 Å². The average molecular weight is 410 g/mol. The Hall–Kier alpha value is -2.03. The molecule has 1 saturated heterocycles. The van der Waals surface area contributed by atoms with Crippen LogP contribution in [-0.4, -0.2) is 71.3 Å². The lowest BCUT2D eigenvalue weighted by Crippen LogP contribution is -2.38. The summed E-state index contributed by atoms with van der Waals surface area (Å²) in [5.74, 6) is 2.48. The van der Waals surface area contributed by atoms with Crippen LogP contribution in [0.5, 0.6) is 11.5 Å². The van der Waals surface area contributed by atoms with Crippen molar-refractivity contribution >= 4 is 5.96 Å². The molecule has 8 nitrogen and oxygen atoms in total. The van der Waals surface area contributed by atoms with Crippen molar-refractivity contribution in [3.8, 4) is 11.5 Å². The third-order valence-corrected chi connectivity index (χ3v) is 4.66. The van der Waals surface area contributed by atoms with Gasteiger partial charge in [-0.1, -0.05) is 0 Å². The minimum atomic E-state index is -0.758. The van der Waals surface area contributed by atoms with E-state index in [1.54, 1.807) is 32.4 Å². The van der Waals surface area contributed by atoms with E-state index in [0.717, 1.165) is 45.8 Å². The number of benzene rings is 1. The summed E-state index contributed by atoms with van der Waals surface area (Å²) in [5.41, 5.74) is 0.699. The predicted octanol–water partition coefficient (Wildman–Crippen LogP) is 1.74. The minimum Gasteiger partial charge on any atom is -0.497 e. The van der Waals surface area contributed by atoms with E-state index in [-0.39, 0.29) is 6.54 Å². The smallest absolute Gasteiger partial charge is 0.191 e. The molecule has 0 aromatic heterocycles. The van der Waals surface area contributed by atoms with Crippen molar-refractivity contribution in [2.75, 3.05) is 60.3 Å². The Kier molecular flexibility index (Phi) is 10.6. The minimum absolute atomic E-state index is 0.226. The van der Waals surface area contributed by atoms with E-state index >= 15 is 0 Å². The Morgan fingerprint density at radius 2 is 2.00 bits per heavy atom. The average Bonchev–Trinajstić information content (AvgIpc) is 3.27. The van der Waals surface area contributed by atoms with E-state index < -0.39 is 6.10 Å². The van der Waals surface area contributed by atoms with E-state index in [1.165, 1.54) is 0 Å². The number of hydrogen-bond donors (Lipinski definition) is 3. The summed E-state index contributed by atoms with van der Waals surface area (Å²) in [5, 5.41) is 17.0. The third kappa shape index (κ3) is 8.47. The van der Waals surface area contributed by atoms with Crippen LogP contribution in [0.25, 0.3) is 0 Å². The number of nitrogens with one attached hydrogen (secondary N) is 2. The van der Waals surface area contributed by atoms with Crippen LogP contribution in [0.1, 0.15) is 31.4 Å². The summed E-state index contributed by atoms with van der Waals surface area (Å²) in [4.78, 5) is 4.49. The molecule has 0 spiro atoms. The number of guanidine groups is 1. The zero-order valence-electron chi connectivity index (χ0n) is 17.8. The van der Waals surface area contributed by atoms with Crippen LogP contribution in [0.15, 0.2) is 23.2 Å². The molecule has 0 radical (unpaired) electrons. The Morgan fingerprint density at radius 3 is 2.62 bits per heavy atom. The predicted molar refractivity (Wildman–Crippen MR) is 113 cm³/mol. The first-order valence-corrected chi connectivity index (χ1v) is 10.2. The zero-order valence-corrected chi connectivity index (χ0v) is 17.8. The standard InChI is InChI=1S/C21H35N3O5/c1-4-22-21(23-7-5-8-28-14-16-6-9-29-15-16)24-13-20(25)17-10-18(26-2)12-19(11-17)27-3/h10-12,16,20,25H,4-9,13-15H2,1-3H3,(H2,22,23,24). The number of aliphatic hydroxyl groups is 1.